The van der Waals surface area contributed by atoms with Crippen LogP contribution in [0, 0.1) is 10.1 Å². The maximum Gasteiger partial charge on any atom is 0.307 e. The van der Waals surface area contributed by atoms with Crippen molar-refractivity contribution in [3.8, 4) is 0 Å². The number of carboxylic acids is 1. The minimum Gasteiger partial charge on any atom is -0.481 e. The fourth-order valence-electron chi connectivity index (χ4n) is 2.04. The van der Waals surface area contributed by atoms with Gasteiger partial charge in [0.05, 0.1) is 11.3 Å². The number of carbonyl (C=O) groups excluding carboxylic acids is 1. The predicted molar refractivity (Wildman–Crippen MR) is 84.6 cm³/mol. The molecule has 2 rings (SSSR count). The monoisotopic (exact) mass is 332 g/mol. The fraction of sp³-hybridized carbons (Fsp3) is 0.267. The molecule has 2 aromatic rings. The zero-order valence-corrected chi connectivity index (χ0v) is 13.1. The molecule has 0 fully saturated rings. The summed E-state index contributed by atoms with van der Waals surface area (Å²) < 4.78 is 1.21. The Morgan fingerprint density at radius 3 is 2.71 bits per heavy atom. The average molecular weight is 332 g/mol. The predicted octanol–water partition coefficient (Wildman–Crippen LogP) is 1.79. The number of nitrogens with one attached hydrogen (secondary N) is 1. The van der Waals surface area contributed by atoms with Gasteiger partial charge >= 0.3 is 11.7 Å². The number of aliphatic carboxylic acids is 1. The second-order valence-electron chi connectivity index (χ2n) is 5.68. The van der Waals surface area contributed by atoms with Crippen LogP contribution in [0.5, 0.6) is 0 Å². The molecule has 0 aliphatic heterocycles. The summed E-state index contributed by atoms with van der Waals surface area (Å²) in [6.45, 7) is 3.14. The lowest BCUT2D eigenvalue weighted by atomic mass is 10.0. The van der Waals surface area contributed by atoms with Crippen molar-refractivity contribution in [1.29, 1.82) is 0 Å². The minimum absolute atomic E-state index is 0.154. The van der Waals surface area contributed by atoms with Crippen LogP contribution < -0.4 is 5.32 Å². The molecule has 0 saturated carbocycles. The van der Waals surface area contributed by atoms with Gasteiger partial charge in [-0.3, -0.25) is 24.4 Å². The van der Waals surface area contributed by atoms with Crippen molar-refractivity contribution >= 4 is 23.3 Å². The summed E-state index contributed by atoms with van der Waals surface area (Å²) in [7, 11) is 0. The molecule has 9 nitrogen and oxygen atoms in total. The summed E-state index contributed by atoms with van der Waals surface area (Å²) in [6.07, 6.45) is 2.10. The molecule has 24 heavy (non-hydrogen) atoms. The number of aromatic nitrogens is 2. The van der Waals surface area contributed by atoms with Crippen LogP contribution in [-0.4, -0.2) is 31.7 Å². The van der Waals surface area contributed by atoms with E-state index in [0.717, 1.165) is 6.20 Å². The molecular formula is C15H16N4O5. The van der Waals surface area contributed by atoms with E-state index in [-0.39, 0.29) is 12.1 Å². The van der Waals surface area contributed by atoms with Crippen LogP contribution in [0.4, 0.5) is 11.4 Å². The smallest absolute Gasteiger partial charge is 0.307 e. The van der Waals surface area contributed by atoms with Crippen LogP contribution in [0.25, 0.3) is 0 Å². The first-order valence-electron chi connectivity index (χ1n) is 7.02. The highest BCUT2D eigenvalue weighted by molar-refractivity contribution is 5.96. The van der Waals surface area contributed by atoms with E-state index in [2.05, 4.69) is 10.4 Å². The summed E-state index contributed by atoms with van der Waals surface area (Å²) in [4.78, 5) is 33.4. The highest BCUT2D eigenvalue weighted by Crippen LogP contribution is 2.21. The fourth-order valence-corrected chi connectivity index (χ4v) is 2.04. The van der Waals surface area contributed by atoms with Gasteiger partial charge in [0, 0.05) is 5.69 Å². The summed E-state index contributed by atoms with van der Waals surface area (Å²) in [5.74, 6) is -1.41. The number of rotatable bonds is 6. The Hall–Kier alpha value is -3.23. The third-order valence-electron chi connectivity index (χ3n) is 3.45. The van der Waals surface area contributed by atoms with E-state index < -0.39 is 22.3 Å². The summed E-state index contributed by atoms with van der Waals surface area (Å²) in [5.41, 5.74) is -0.391. The van der Waals surface area contributed by atoms with Gasteiger partial charge in [0.1, 0.15) is 17.9 Å². The standard InChI is InChI=1S/C15H16N4O5/c1-15(2,18-9-12(8-16-18)19(23)24)14(22)17-11-5-3-4-10(6-11)7-13(20)21/h3-6,8-9H,7H2,1-2H3,(H,17,22)(H,20,21). The lowest BCUT2D eigenvalue weighted by Crippen LogP contribution is -2.40. The molecule has 126 valence electrons. The number of hydrogen-bond donors (Lipinski definition) is 2. The number of nitrogens with zero attached hydrogens (tertiary/aromatic N) is 3. The molecule has 9 heteroatoms. The van der Waals surface area contributed by atoms with Crippen LogP contribution in [0.2, 0.25) is 0 Å². The molecular weight excluding hydrogens is 316 g/mol. The Morgan fingerprint density at radius 2 is 2.12 bits per heavy atom. The molecule has 0 atom stereocenters. The van der Waals surface area contributed by atoms with Crippen molar-refractivity contribution in [2.45, 2.75) is 25.8 Å². The summed E-state index contributed by atoms with van der Waals surface area (Å²) >= 11 is 0. The Balaban J connectivity index is 2.18. The van der Waals surface area contributed by atoms with Crippen LogP contribution in [0.3, 0.4) is 0 Å². The molecule has 0 radical (unpaired) electrons. The summed E-state index contributed by atoms with van der Waals surface area (Å²) in [6, 6.07) is 6.48. The number of carbonyl (C=O) groups is 2. The lowest BCUT2D eigenvalue weighted by Gasteiger charge is -2.24. The van der Waals surface area contributed by atoms with Gasteiger partial charge in [-0.25, -0.2) is 0 Å². The van der Waals surface area contributed by atoms with Crippen LogP contribution in [0.15, 0.2) is 36.7 Å². The largest absolute Gasteiger partial charge is 0.481 e. The van der Waals surface area contributed by atoms with Crippen molar-refractivity contribution in [3.63, 3.8) is 0 Å². The zero-order chi connectivity index (χ0) is 17.9. The van der Waals surface area contributed by atoms with E-state index in [1.54, 1.807) is 38.1 Å². The number of carboxylic acid groups (broad SMARTS) is 1. The SMILES string of the molecule is CC(C)(C(=O)Nc1cccc(CC(=O)O)c1)n1cc([N+](=O)[O-])cn1. The maximum absolute atomic E-state index is 12.5. The van der Waals surface area contributed by atoms with E-state index in [9.17, 15) is 19.7 Å². The van der Waals surface area contributed by atoms with E-state index in [4.69, 9.17) is 5.11 Å². The van der Waals surface area contributed by atoms with Gasteiger partial charge < -0.3 is 10.4 Å². The van der Waals surface area contributed by atoms with Crippen molar-refractivity contribution in [2.24, 2.45) is 0 Å². The van der Waals surface area contributed by atoms with E-state index in [1.165, 1.54) is 10.9 Å². The molecule has 0 bridgehead atoms. The molecule has 0 spiro atoms. The molecule has 1 heterocycles. The Kier molecular flexibility index (Phi) is 4.63. The Labute approximate surface area is 137 Å². The van der Waals surface area contributed by atoms with Crippen LogP contribution >= 0.6 is 0 Å². The van der Waals surface area contributed by atoms with Gasteiger partial charge in [0.2, 0.25) is 0 Å². The first-order chi connectivity index (χ1) is 11.2. The molecule has 0 saturated heterocycles. The third-order valence-corrected chi connectivity index (χ3v) is 3.45. The lowest BCUT2D eigenvalue weighted by molar-refractivity contribution is -0.385. The van der Waals surface area contributed by atoms with E-state index >= 15 is 0 Å². The van der Waals surface area contributed by atoms with Gasteiger partial charge in [-0.15, -0.1) is 0 Å². The maximum atomic E-state index is 12.5. The molecule has 1 aromatic carbocycles. The normalized spacial score (nSPS) is 11.1. The van der Waals surface area contributed by atoms with Gasteiger partial charge in [-0.2, -0.15) is 5.10 Å². The van der Waals surface area contributed by atoms with Crippen LogP contribution in [0.1, 0.15) is 19.4 Å². The van der Waals surface area contributed by atoms with E-state index in [1.807, 2.05) is 0 Å². The van der Waals surface area contributed by atoms with Crippen molar-refractivity contribution in [1.82, 2.24) is 9.78 Å². The molecule has 0 aliphatic rings. The molecule has 0 unspecified atom stereocenters. The number of benzene rings is 1. The highest BCUT2D eigenvalue weighted by atomic mass is 16.6. The second kappa shape index (κ2) is 6.49. The topological polar surface area (TPSA) is 127 Å². The van der Waals surface area contributed by atoms with Gasteiger partial charge in [-0.05, 0) is 31.5 Å². The second-order valence-corrected chi connectivity index (χ2v) is 5.68. The first kappa shape index (κ1) is 17.1. The zero-order valence-electron chi connectivity index (χ0n) is 13.1. The van der Waals surface area contributed by atoms with Gasteiger partial charge in [-0.1, -0.05) is 12.1 Å². The molecule has 2 N–H and O–H groups in total. The Morgan fingerprint density at radius 1 is 1.42 bits per heavy atom. The number of hydrogen-bond acceptors (Lipinski definition) is 5. The molecule has 1 aromatic heterocycles. The number of nitro groups is 1. The average Bonchev–Trinajstić information content (AvgIpc) is 2.97. The number of anilines is 1. The number of amides is 1. The van der Waals surface area contributed by atoms with E-state index in [0.29, 0.717) is 11.3 Å². The minimum atomic E-state index is -1.17. The first-order valence-corrected chi connectivity index (χ1v) is 7.02. The van der Waals surface area contributed by atoms with Gasteiger partial charge in [0.25, 0.3) is 5.91 Å². The van der Waals surface area contributed by atoms with Gasteiger partial charge in [0.15, 0.2) is 0 Å². The van der Waals surface area contributed by atoms with Crippen LogP contribution in [-0.2, 0) is 21.5 Å². The third kappa shape index (κ3) is 3.75. The highest BCUT2D eigenvalue weighted by Gasteiger charge is 2.32. The Bertz CT molecular complexity index is 797. The van der Waals surface area contributed by atoms with Crippen molar-refractivity contribution in [2.75, 3.05) is 5.32 Å². The molecule has 1 amide bonds. The summed E-state index contributed by atoms with van der Waals surface area (Å²) in [5, 5.41) is 26.1. The quantitative estimate of drug-likeness (QED) is 0.613. The molecule has 0 aliphatic carbocycles. The van der Waals surface area contributed by atoms with Crippen molar-refractivity contribution < 1.29 is 19.6 Å². The van der Waals surface area contributed by atoms with Crippen molar-refractivity contribution in [3.05, 3.63) is 52.3 Å².